The SMILES string of the molecule is N#CCCn1nc(-c2ccccc2)c(C=O)c1Cl. The molecule has 0 atom stereocenters. The number of benzene rings is 1. The van der Waals surface area contributed by atoms with Crippen LogP contribution in [0.5, 0.6) is 0 Å². The average Bonchev–Trinajstić information content (AvgIpc) is 2.74. The zero-order valence-electron chi connectivity index (χ0n) is 9.51. The van der Waals surface area contributed by atoms with E-state index in [9.17, 15) is 4.79 Å². The molecule has 0 amide bonds. The predicted molar refractivity (Wildman–Crippen MR) is 68.3 cm³/mol. The van der Waals surface area contributed by atoms with Crippen LogP contribution in [-0.4, -0.2) is 16.1 Å². The Morgan fingerprint density at radius 1 is 1.39 bits per heavy atom. The number of nitrogens with zero attached hydrogens (tertiary/aromatic N) is 3. The van der Waals surface area contributed by atoms with Crippen LogP contribution in [0.1, 0.15) is 16.8 Å². The van der Waals surface area contributed by atoms with Gasteiger partial charge in [0.2, 0.25) is 0 Å². The van der Waals surface area contributed by atoms with Gasteiger partial charge in [-0.3, -0.25) is 9.48 Å². The van der Waals surface area contributed by atoms with Crippen LogP contribution in [0.3, 0.4) is 0 Å². The lowest BCUT2D eigenvalue weighted by atomic mass is 10.1. The summed E-state index contributed by atoms with van der Waals surface area (Å²) in [5, 5.41) is 13.1. The standard InChI is InChI=1S/C13H10ClN3O/c14-13-11(9-18)12(10-5-2-1-3-6-10)16-17(13)8-4-7-15/h1-3,5-6,9H,4,8H2. The number of hydrogen-bond donors (Lipinski definition) is 0. The second-order valence-corrected chi connectivity index (χ2v) is 4.03. The van der Waals surface area contributed by atoms with Gasteiger partial charge in [0.25, 0.3) is 0 Å². The third kappa shape index (κ3) is 2.27. The first-order valence-electron chi connectivity index (χ1n) is 5.41. The Labute approximate surface area is 109 Å². The summed E-state index contributed by atoms with van der Waals surface area (Å²) in [6, 6.07) is 11.4. The van der Waals surface area contributed by atoms with Crippen molar-refractivity contribution in [2.75, 3.05) is 0 Å². The van der Waals surface area contributed by atoms with E-state index >= 15 is 0 Å². The highest BCUT2D eigenvalue weighted by Gasteiger charge is 2.16. The molecule has 5 heteroatoms. The molecule has 0 bridgehead atoms. The average molecular weight is 260 g/mol. The molecule has 0 saturated heterocycles. The molecule has 4 nitrogen and oxygen atoms in total. The van der Waals surface area contributed by atoms with Crippen molar-refractivity contribution in [2.24, 2.45) is 0 Å². The van der Waals surface area contributed by atoms with Crippen LogP contribution < -0.4 is 0 Å². The molecular weight excluding hydrogens is 250 g/mol. The van der Waals surface area contributed by atoms with Crippen LogP contribution in [0.2, 0.25) is 5.15 Å². The first-order chi connectivity index (χ1) is 8.77. The fraction of sp³-hybridized carbons (Fsp3) is 0.154. The van der Waals surface area contributed by atoms with Gasteiger partial charge in [-0.2, -0.15) is 10.4 Å². The zero-order valence-corrected chi connectivity index (χ0v) is 10.3. The highest BCUT2D eigenvalue weighted by atomic mass is 35.5. The van der Waals surface area contributed by atoms with Crippen LogP contribution in [0, 0.1) is 11.3 Å². The first-order valence-corrected chi connectivity index (χ1v) is 5.79. The fourth-order valence-electron chi connectivity index (χ4n) is 1.67. The minimum absolute atomic E-state index is 0.277. The molecular formula is C13H10ClN3O. The maximum atomic E-state index is 11.1. The largest absolute Gasteiger partial charge is 0.298 e. The van der Waals surface area contributed by atoms with Gasteiger partial charge in [0, 0.05) is 5.56 Å². The van der Waals surface area contributed by atoms with Gasteiger partial charge in [-0.15, -0.1) is 0 Å². The van der Waals surface area contributed by atoms with E-state index in [2.05, 4.69) is 5.10 Å². The van der Waals surface area contributed by atoms with Gasteiger partial charge in [-0.05, 0) is 0 Å². The molecule has 2 rings (SSSR count). The number of aldehydes is 1. The molecule has 1 aromatic carbocycles. The van der Waals surface area contributed by atoms with Gasteiger partial charge < -0.3 is 0 Å². The second kappa shape index (κ2) is 5.48. The third-order valence-corrected chi connectivity index (χ3v) is 2.92. The first kappa shape index (κ1) is 12.3. The van der Waals surface area contributed by atoms with Crippen molar-refractivity contribution in [3.63, 3.8) is 0 Å². The third-order valence-electron chi connectivity index (χ3n) is 2.53. The van der Waals surface area contributed by atoms with E-state index in [0.717, 1.165) is 5.56 Å². The monoisotopic (exact) mass is 259 g/mol. The Hall–Kier alpha value is -2.12. The Kier molecular flexibility index (Phi) is 3.75. The highest BCUT2D eigenvalue weighted by Crippen LogP contribution is 2.27. The summed E-state index contributed by atoms with van der Waals surface area (Å²) < 4.78 is 1.48. The maximum absolute atomic E-state index is 11.1. The summed E-state index contributed by atoms with van der Waals surface area (Å²) in [5.41, 5.74) is 1.74. The topological polar surface area (TPSA) is 58.7 Å². The van der Waals surface area contributed by atoms with Crippen LogP contribution >= 0.6 is 11.6 Å². The number of hydrogen-bond acceptors (Lipinski definition) is 3. The minimum atomic E-state index is 0.277. The van der Waals surface area contributed by atoms with E-state index in [1.807, 2.05) is 36.4 Å². The van der Waals surface area contributed by atoms with E-state index in [4.69, 9.17) is 16.9 Å². The van der Waals surface area contributed by atoms with E-state index in [1.165, 1.54) is 4.68 Å². The van der Waals surface area contributed by atoms with E-state index in [0.29, 0.717) is 30.5 Å². The summed E-state index contributed by atoms with van der Waals surface area (Å²) in [7, 11) is 0. The molecule has 2 aromatic rings. The van der Waals surface area contributed by atoms with Gasteiger partial charge in [0.1, 0.15) is 10.8 Å². The molecule has 18 heavy (non-hydrogen) atoms. The van der Waals surface area contributed by atoms with Crippen molar-refractivity contribution < 1.29 is 4.79 Å². The summed E-state index contributed by atoms with van der Waals surface area (Å²) >= 11 is 6.08. The van der Waals surface area contributed by atoms with Gasteiger partial charge >= 0.3 is 0 Å². The minimum Gasteiger partial charge on any atom is -0.298 e. The van der Waals surface area contributed by atoms with Crippen molar-refractivity contribution in [2.45, 2.75) is 13.0 Å². The molecule has 0 unspecified atom stereocenters. The number of nitriles is 1. The molecule has 0 N–H and O–H groups in total. The molecule has 0 aliphatic rings. The van der Waals surface area contributed by atoms with E-state index in [-0.39, 0.29) is 5.15 Å². The number of carbonyl (C=O) groups is 1. The lowest BCUT2D eigenvalue weighted by Gasteiger charge is -1.97. The van der Waals surface area contributed by atoms with Crippen LogP contribution in [0.15, 0.2) is 30.3 Å². The molecule has 0 spiro atoms. The van der Waals surface area contributed by atoms with Crippen molar-refractivity contribution in [1.29, 1.82) is 5.26 Å². The Bertz CT molecular complexity index is 599. The lowest BCUT2D eigenvalue weighted by molar-refractivity contribution is 0.112. The summed E-state index contributed by atoms with van der Waals surface area (Å²) in [6.07, 6.45) is 0.995. The highest BCUT2D eigenvalue weighted by molar-refractivity contribution is 6.32. The van der Waals surface area contributed by atoms with Crippen molar-refractivity contribution in [3.05, 3.63) is 41.0 Å². The van der Waals surface area contributed by atoms with Crippen molar-refractivity contribution >= 4 is 17.9 Å². The quantitative estimate of drug-likeness (QED) is 0.793. The number of carbonyl (C=O) groups excluding carboxylic acids is 1. The molecule has 0 fully saturated rings. The Balaban J connectivity index is 2.48. The maximum Gasteiger partial charge on any atom is 0.155 e. The lowest BCUT2D eigenvalue weighted by Crippen LogP contribution is -1.99. The summed E-state index contributed by atoms with van der Waals surface area (Å²) in [6.45, 7) is 0.378. The number of aromatic nitrogens is 2. The van der Waals surface area contributed by atoms with Crippen molar-refractivity contribution in [1.82, 2.24) is 9.78 Å². The van der Waals surface area contributed by atoms with Gasteiger partial charge in [-0.1, -0.05) is 41.9 Å². The van der Waals surface area contributed by atoms with Gasteiger partial charge in [0.05, 0.1) is 24.6 Å². The summed E-state index contributed by atoms with van der Waals surface area (Å²) in [5.74, 6) is 0. The number of aryl methyl sites for hydroxylation is 1. The smallest absolute Gasteiger partial charge is 0.155 e. The van der Waals surface area contributed by atoms with Crippen LogP contribution in [0.25, 0.3) is 11.3 Å². The molecule has 0 radical (unpaired) electrons. The van der Waals surface area contributed by atoms with Crippen molar-refractivity contribution in [3.8, 4) is 17.3 Å². The van der Waals surface area contributed by atoms with E-state index < -0.39 is 0 Å². The molecule has 1 aromatic heterocycles. The van der Waals surface area contributed by atoms with Gasteiger partial charge in [0.15, 0.2) is 6.29 Å². The molecule has 0 aliphatic carbocycles. The zero-order chi connectivity index (χ0) is 13.0. The normalized spacial score (nSPS) is 10.0. The Morgan fingerprint density at radius 3 is 2.72 bits per heavy atom. The Morgan fingerprint density at radius 2 is 2.11 bits per heavy atom. The van der Waals surface area contributed by atoms with Gasteiger partial charge in [-0.25, -0.2) is 0 Å². The number of halogens is 1. The van der Waals surface area contributed by atoms with Crippen LogP contribution in [0.4, 0.5) is 0 Å². The molecule has 90 valence electrons. The predicted octanol–water partition coefficient (Wildman–Crippen LogP) is 2.93. The molecule has 0 aliphatic heterocycles. The second-order valence-electron chi connectivity index (χ2n) is 3.67. The molecule has 1 heterocycles. The fourth-order valence-corrected chi connectivity index (χ4v) is 1.93. The van der Waals surface area contributed by atoms with Crippen LogP contribution in [-0.2, 0) is 6.54 Å². The summed E-state index contributed by atoms with van der Waals surface area (Å²) in [4.78, 5) is 11.1. The number of rotatable bonds is 4. The molecule has 0 saturated carbocycles. The van der Waals surface area contributed by atoms with E-state index in [1.54, 1.807) is 0 Å².